The Morgan fingerprint density at radius 3 is 1.85 bits per heavy atom. The lowest BCUT2D eigenvalue weighted by molar-refractivity contribution is 0.133. The van der Waals surface area contributed by atoms with Crippen LogP contribution in [-0.2, 0) is 11.3 Å². The molecule has 1 saturated heterocycles. The third-order valence-electron chi connectivity index (χ3n) is 3.95. The quantitative estimate of drug-likeness (QED) is 0.639. The van der Waals surface area contributed by atoms with E-state index in [1.165, 1.54) is 50.5 Å². The first kappa shape index (κ1) is 26.4. The van der Waals surface area contributed by atoms with Gasteiger partial charge in [0.2, 0.25) is 0 Å². The van der Waals surface area contributed by atoms with Crippen LogP contribution in [0.4, 0.5) is 0 Å². The zero-order valence-electron chi connectivity index (χ0n) is 19.0. The molecule has 0 bridgehead atoms. The van der Waals surface area contributed by atoms with E-state index in [9.17, 15) is 0 Å². The minimum absolute atomic E-state index is 0.398. The SMILES string of the molecule is CC(C)(C)SCCN1CCN(Cc2ccccc2)CC1.CCC.CCOC. The van der Waals surface area contributed by atoms with Crippen molar-refractivity contribution in [1.82, 2.24) is 9.80 Å². The van der Waals surface area contributed by atoms with E-state index in [4.69, 9.17) is 0 Å². The normalized spacial score (nSPS) is 15.4. The Kier molecular flexibility index (Phi) is 16.1. The second kappa shape index (κ2) is 16.4. The molecule has 2 rings (SSSR count). The van der Waals surface area contributed by atoms with E-state index in [0.29, 0.717) is 4.75 Å². The lowest BCUT2D eigenvalue weighted by Crippen LogP contribution is -2.46. The maximum Gasteiger partial charge on any atom is 0.0433 e. The molecule has 1 aromatic rings. The topological polar surface area (TPSA) is 15.7 Å². The number of thioether (sulfide) groups is 1. The van der Waals surface area contributed by atoms with Gasteiger partial charge >= 0.3 is 0 Å². The van der Waals surface area contributed by atoms with E-state index < -0.39 is 0 Å². The molecule has 27 heavy (non-hydrogen) atoms. The van der Waals surface area contributed by atoms with Crippen LogP contribution in [-0.4, -0.2) is 66.7 Å². The average molecular weight is 397 g/mol. The lowest BCUT2D eigenvalue weighted by atomic mass is 10.2. The number of hydrogen-bond donors (Lipinski definition) is 0. The van der Waals surface area contributed by atoms with E-state index >= 15 is 0 Å². The first-order chi connectivity index (χ1) is 12.9. The molecule has 0 atom stereocenters. The number of methoxy groups -OCH3 is 1. The van der Waals surface area contributed by atoms with Gasteiger partial charge in [-0.1, -0.05) is 71.4 Å². The lowest BCUT2D eigenvalue weighted by Gasteiger charge is -2.35. The number of hydrogen-bond acceptors (Lipinski definition) is 4. The number of nitrogens with zero attached hydrogens (tertiary/aromatic N) is 2. The Hall–Kier alpha value is -0.550. The summed E-state index contributed by atoms with van der Waals surface area (Å²) in [5.74, 6) is 1.25. The average Bonchev–Trinajstić information content (AvgIpc) is 2.64. The number of rotatable bonds is 6. The molecule has 3 nitrogen and oxygen atoms in total. The van der Waals surface area contributed by atoms with Gasteiger partial charge in [-0.15, -0.1) is 0 Å². The van der Waals surface area contributed by atoms with Crippen LogP contribution in [0.25, 0.3) is 0 Å². The minimum atomic E-state index is 0.398. The largest absolute Gasteiger partial charge is 0.385 e. The third-order valence-corrected chi connectivity index (χ3v) is 5.20. The standard InChI is InChI=1S/C17H28N2S.C3H8O.C3H8/c1-17(2,3)20-14-13-18-9-11-19(12-10-18)15-16-7-5-4-6-8-16;1-3-4-2;1-3-2/h4-8H,9-15H2,1-3H3;3H2,1-2H3;3H2,1-2H3. The van der Waals surface area contributed by atoms with Gasteiger partial charge in [-0.25, -0.2) is 0 Å². The maximum atomic E-state index is 4.54. The van der Waals surface area contributed by atoms with Crippen LogP contribution in [0, 0.1) is 0 Å². The molecule has 0 saturated carbocycles. The van der Waals surface area contributed by atoms with Gasteiger partial charge < -0.3 is 4.74 Å². The van der Waals surface area contributed by atoms with Crippen molar-refractivity contribution in [3.8, 4) is 0 Å². The summed E-state index contributed by atoms with van der Waals surface area (Å²) in [5, 5.41) is 0. The van der Waals surface area contributed by atoms with Crippen molar-refractivity contribution in [2.45, 2.75) is 59.3 Å². The molecule has 1 aliphatic heterocycles. The Morgan fingerprint density at radius 1 is 0.926 bits per heavy atom. The fourth-order valence-electron chi connectivity index (χ4n) is 2.49. The molecule has 1 heterocycles. The second-order valence-electron chi connectivity index (χ2n) is 7.85. The number of ether oxygens (including phenoxy) is 1. The molecule has 0 aromatic heterocycles. The van der Waals surface area contributed by atoms with Crippen LogP contribution in [0.15, 0.2) is 30.3 Å². The molecule has 4 heteroatoms. The molecule has 1 aromatic carbocycles. The number of piperazine rings is 1. The Balaban J connectivity index is 0.000000836. The fraction of sp³-hybridized carbons (Fsp3) is 0.739. The van der Waals surface area contributed by atoms with E-state index in [0.717, 1.165) is 13.2 Å². The Labute approximate surface area is 173 Å². The highest BCUT2D eigenvalue weighted by Gasteiger charge is 2.17. The zero-order valence-corrected chi connectivity index (χ0v) is 19.8. The monoisotopic (exact) mass is 396 g/mol. The summed E-state index contributed by atoms with van der Waals surface area (Å²) in [6.07, 6.45) is 1.25. The van der Waals surface area contributed by atoms with Gasteiger partial charge in [0, 0.05) is 63.5 Å². The van der Waals surface area contributed by atoms with Gasteiger partial charge in [-0.05, 0) is 12.5 Å². The van der Waals surface area contributed by atoms with Crippen molar-refractivity contribution in [3.63, 3.8) is 0 Å². The molecule has 0 spiro atoms. The minimum Gasteiger partial charge on any atom is -0.385 e. The fourth-order valence-corrected chi connectivity index (χ4v) is 3.46. The molecule has 1 fully saturated rings. The van der Waals surface area contributed by atoms with Crippen molar-refractivity contribution in [2.75, 3.05) is 52.2 Å². The molecule has 0 unspecified atom stereocenters. The predicted octanol–water partition coefficient (Wildman–Crippen LogP) is 5.40. The Morgan fingerprint density at radius 2 is 1.41 bits per heavy atom. The summed E-state index contributed by atoms with van der Waals surface area (Å²) >= 11 is 2.08. The van der Waals surface area contributed by atoms with Crippen molar-refractivity contribution in [1.29, 1.82) is 0 Å². The van der Waals surface area contributed by atoms with Crippen molar-refractivity contribution >= 4 is 11.8 Å². The molecule has 0 aliphatic carbocycles. The van der Waals surface area contributed by atoms with Crippen LogP contribution < -0.4 is 0 Å². The highest BCUT2D eigenvalue weighted by molar-refractivity contribution is 8.00. The first-order valence-corrected chi connectivity index (χ1v) is 11.5. The number of benzene rings is 1. The van der Waals surface area contributed by atoms with Gasteiger partial charge in [-0.3, -0.25) is 9.80 Å². The molecule has 0 radical (unpaired) electrons. The summed E-state index contributed by atoms with van der Waals surface area (Å²) in [7, 11) is 1.68. The second-order valence-corrected chi connectivity index (χ2v) is 9.77. The van der Waals surface area contributed by atoms with Gasteiger partial charge in [0.25, 0.3) is 0 Å². The molecule has 1 aliphatic rings. The molecular formula is C23H44N2OS. The summed E-state index contributed by atoms with van der Waals surface area (Å²) in [4.78, 5) is 5.18. The highest BCUT2D eigenvalue weighted by atomic mass is 32.2. The van der Waals surface area contributed by atoms with E-state index in [1.807, 2.05) is 6.92 Å². The molecular weight excluding hydrogens is 352 g/mol. The van der Waals surface area contributed by atoms with Gasteiger partial charge in [0.1, 0.15) is 0 Å². The van der Waals surface area contributed by atoms with Crippen LogP contribution in [0.1, 0.15) is 53.5 Å². The van der Waals surface area contributed by atoms with Gasteiger partial charge in [-0.2, -0.15) is 11.8 Å². The predicted molar refractivity (Wildman–Crippen MR) is 124 cm³/mol. The summed E-state index contributed by atoms with van der Waals surface area (Å²) in [5.41, 5.74) is 1.43. The van der Waals surface area contributed by atoms with Crippen LogP contribution in [0.3, 0.4) is 0 Å². The van der Waals surface area contributed by atoms with Crippen LogP contribution >= 0.6 is 11.8 Å². The zero-order chi connectivity index (χ0) is 20.5. The van der Waals surface area contributed by atoms with E-state index in [1.54, 1.807) is 7.11 Å². The summed E-state index contributed by atoms with van der Waals surface area (Å²) < 4.78 is 4.94. The van der Waals surface area contributed by atoms with Gasteiger partial charge in [0.05, 0.1) is 0 Å². The first-order valence-electron chi connectivity index (χ1n) is 10.5. The van der Waals surface area contributed by atoms with Gasteiger partial charge in [0.15, 0.2) is 0 Å². The van der Waals surface area contributed by atoms with Crippen LogP contribution in [0.5, 0.6) is 0 Å². The van der Waals surface area contributed by atoms with E-state index in [2.05, 4.69) is 91.2 Å². The molecule has 0 N–H and O–H groups in total. The smallest absolute Gasteiger partial charge is 0.0433 e. The summed E-state index contributed by atoms with van der Waals surface area (Å²) in [6.45, 7) is 21.1. The van der Waals surface area contributed by atoms with E-state index in [-0.39, 0.29) is 0 Å². The van der Waals surface area contributed by atoms with Crippen LogP contribution in [0.2, 0.25) is 0 Å². The Bertz CT molecular complexity index is 424. The van der Waals surface area contributed by atoms with Crippen molar-refractivity contribution in [3.05, 3.63) is 35.9 Å². The highest BCUT2D eigenvalue weighted by Crippen LogP contribution is 2.23. The van der Waals surface area contributed by atoms with Crippen molar-refractivity contribution < 1.29 is 4.74 Å². The summed E-state index contributed by atoms with van der Waals surface area (Å²) in [6, 6.07) is 10.8. The molecule has 158 valence electrons. The third kappa shape index (κ3) is 16.1. The maximum absolute atomic E-state index is 4.54. The van der Waals surface area contributed by atoms with Crippen molar-refractivity contribution in [2.24, 2.45) is 0 Å². The molecule has 0 amide bonds.